The molecular formula is C24H33N2O2S2. The number of rotatable bonds is 8. The standard InChI is InChI=1S/C24H33N2O2S2/c1-17(11-12-20-19(3)10-7-14-24(20,4)5)8-6-9-18(2)16-22(27)25-26-21(13-15-29)23(28)30-26/h6,8-9,11-12,16,21,29H,7,10,13-15H2,1-5H3/t21-/m0/s1. The number of allylic oxidation sites excluding steroid dienone is 9. The zero-order valence-corrected chi connectivity index (χ0v) is 20.4. The van der Waals surface area contributed by atoms with Gasteiger partial charge in [-0.15, -0.1) is 9.84 Å². The van der Waals surface area contributed by atoms with Gasteiger partial charge in [-0.2, -0.15) is 12.6 Å². The maximum atomic E-state index is 12.1. The van der Waals surface area contributed by atoms with Gasteiger partial charge in [-0.3, -0.25) is 9.59 Å². The van der Waals surface area contributed by atoms with Crippen LogP contribution in [0.1, 0.15) is 60.3 Å². The van der Waals surface area contributed by atoms with E-state index >= 15 is 0 Å². The van der Waals surface area contributed by atoms with Crippen LogP contribution < -0.4 is 5.43 Å². The summed E-state index contributed by atoms with van der Waals surface area (Å²) in [5, 5.41) is 0.0393. The fourth-order valence-electron chi connectivity index (χ4n) is 3.70. The van der Waals surface area contributed by atoms with Gasteiger partial charge in [-0.25, -0.2) is 0 Å². The van der Waals surface area contributed by atoms with Gasteiger partial charge in [0, 0.05) is 18.0 Å². The number of hydrogen-bond donors (Lipinski definition) is 1. The number of carbonyl (C=O) groups is 2. The van der Waals surface area contributed by atoms with Crippen LogP contribution in [0, 0.1) is 5.41 Å². The highest BCUT2D eigenvalue weighted by Gasteiger charge is 2.40. The molecule has 0 unspecified atom stereocenters. The molecule has 0 N–H and O–H groups in total. The molecule has 2 aliphatic rings. The normalized spacial score (nSPS) is 23.4. The van der Waals surface area contributed by atoms with E-state index < -0.39 is 0 Å². The first-order chi connectivity index (χ1) is 14.1. The van der Waals surface area contributed by atoms with Crippen LogP contribution in [-0.2, 0) is 9.59 Å². The summed E-state index contributed by atoms with van der Waals surface area (Å²) < 4.78 is 1.48. The maximum Gasteiger partial charge on any atom is 0.282 e. The van der Waals surface area contributed by atoms with Crippen LogP contribution >= 0.6 is 24.6 Å². The Bertz CT molecular complexity index is 819. The van der Waals surface area contributed by atoms with E-state index in [1.54, 1.807) is 0 Å². The van der Waals surface area contributed by atoms with Crippen molar-refractivity contribution in [2.75, 3.05) is 5.75 Å². The lowest BCUT2D eigenvalue weighted by Crippen LogP contribution is -2.51. The smallest absolute Gasteiger partial charge is 0.282 e. The summed E-state index contributed by atoms with van der Waals surface area (Å²) in [4.78, 5) is 23.6. The van der Waals surface area contributed by atoms with E-state index in [9.17, 15) is 9.59 Å². The van der Waals surface area contributed by atoms with E-state index in [2.05, 4.69) is 57.9 Å². The molecule has 0 bridgehead atoms. The maximum absolute atomic E-state index is 12.1. The largest absolute Gasteiger partial charge is 0.284 e. The molecule has 1 amide bonds. The molecule has 30 heavy (non-hydrogen) atoms. The SMILES string of the molecule is CC(C=CC1=C(C)CCCC1(C)C)=CC=CC(C)=CC(=O)[N]N1SC(=O)[C@@H]1CCS. The second-order valence-corrected chi connectivity index (χ2v) is 10.0. The molecule has 0 aromatic carbocycles. The van der Waals surface area contributed by atoms with Crippen LogP contribution in [0.2, 0.25) is 0 Å². The first kappa shape index (κ1) is 24.8. The lowest BCUT2D eigenvalue weighted by Gasteiger charge is -2.34. The van der Waals surface area contributed by atoms with Crippen molar-refractivity contribution in [1.82, 2.24) is 9.84 Å². The Labute approximate surface area is 191 Å². The quantitative estimate of drug-likeness (QED) is 0.224. The Morgan fingerprint density at radius 2 is 2.03 bits per heavy atom. The lowest BCUT2D eigenvalue weighted by atomic mass is 9.72. The molecule has 4 nitrogen and oxygen atoms in total. The minimum Gasteiger partial charge on any atom is -0.284 e. The number of carbonyl (C=O) groups excluding carboxylic acids is 2. The molecule has 1 aliphatic carbocycles. The van der Waals surface area contributed by atoms with E-state index in [1.807, 2.05) is 25.2 Å². The summed E-state index contributed by atoms with van der Waals surface area (Å²) in [6, 6.07) is -0.328. The average Bonchev–Trinajstić information content (AvgIpc) is 2.64. The summed E-state index contributed by atoms with van der Waals surface area (Å²) in [6.45, 7) is 10.8. The molecule has 0 aromatic heterocycles. The fourth-order valence-corrected chi connectivity index (χ4v) is 4.76. The summed E-state index contributed by atoms with van der Waals surface area (Å²) in [7, 11) is 0. The van der Waals surface area contributed by atoms with Gasteiger partial charge in [0.05, 0.1) is 0 Å². The van der Waals surface area contributed by atoms with Crippen LogP contribution in [0.15, 0.2) is 58.7 Å². The van der Waals surface area contributed by atoms with Crippen molar-refractivity contribution in [2.45, 2.75) is 66.3 Å². The van der Waals surface area contributed by atoms with Crippen molar-refractivity contribution in [2.24, 2.45) is 5.41 Å². The van der Waals surface area contributed by atoms with Gasteiger partial charge in [0.2, 0.25) is 5.12 Å². The van der Waals surface area contributed by atoms with Crippen LogP contribution in [0.3, 0.4) is 0 Å². The van der Waals surface area contributed by atoms with Gasteiger partial charge in [-0.1, -0.05) is 55.4 Å². The van der Waals surface area contributed by atoms with Gasteiger partial charge in [0.1, 0.15) is 6.04 Å². The predicted molar refractivity (Wildman–Crippen MR) is 130 cm³/mol. The number of amides is 1. The lowest BCUT2D eigenvalue weighted by molar-refractivity contribution is -0.124. The van der Waals surface area contributed by atoms with Crippen molar-refractivity contribution in [1.29, 1.82) is 0 Å². The van der Waals surface area contributed by atoms with E-state index in [-0.39, 0.29) is 22.5 Å². The molecule has 1 radical (unpaired) electrons. The molecule has 1 heterocycles. The second-order valence-electron chi connectivity index (χ2n) is 8.60. The van der Waals surface area contributed by atoms with E-state index in [1.165, 1.54) is 40.9 Å². The Balaban J connectivity index is 1.90. The topological polar surface area (TPSA) is 51.5 Å². The molecule has 0 spiro atoms. The molecule has 6 heteroatoms. The summed E-state index contributed by atoms with van der Waals surface area (Å²) in [6.07, 6.45) is 16.1. The summed E-state index contributed by atoms with van der Waals surface area (Å²) in [5.74, 6) is 0.229. The fraction of sp³-hybridized carbons (Fsp3) is 0.500. The Morgan fingerprint density at radius 1 is 1.30 bits per heavy atom. The van der Waals surface area contributed by atoms with Crippen LogP contribution in [-0.4, -0.2) is 27.2 Å². The third-order valence-electron chi connectivity index (χ3n) is 5.45. The molecule has 0 saturated carbocycles. The van der Waals surface area contributed by atoms with Gasteiger partial charge >= 0.3 is 0 Å². The molecular weight excluding hydrogens is 412 g/mol. The van der Waals surface area contributed by atoms with Crippen molar-refractivity contribution >= 4 is 35.6 Å². The third kappa shape index (κ3) is 7.03. The average molecular weight is 446 g/mol. The van der Waals surface area contributed by atoms with Gasteiger partial charge in [-0.05, 0) is 68.8 Å². The Kier molecular flexibility index (Phi) is 9.26. The third-order valence-corrected chi connectivity index (χ3v) is 6.68. The first-order valence-electron chi connectivity index (χ1n) is 10.4. The van der Waals surface area contributed by atoms with Gasteiger partial charge in [0.15, 0.2) is 0 Å². The van der Waals surface area contributed by atoms with Crippen molar-refractivity contribution < 1.29 is 9.59 Å². The first-order valence-corrected chi connectivity index (χ1v) is 11.8. The molecule has 1 fully saturated rings. The highest BCUT2D eigenvalue weighted by atomic mass is 32.2. The molecule has 0 aromatic rings. The van der Waals surface area contributed by atoms with Crippen LogP contribution in [0.5, 0.6) is 0 Å². The van der Waals surface area contributed by atoms with Crippen LogP contribution in [0.25, 0.3) is 0 Å². The number of thiol groups is 1. The van der Waals surface area contributed by atoms with E-state index in [0.29, 0.717) is 12.2 Å². The summed E-state index contributed by atoms with van der Waals surface area (Å²) in [5.41, 5.74) is 9.13. The molecule has 2 rings (SSSR count). The van der Waals surface area contributed by atoms with Crippen molar-refractivity contribution in [3.05, 3.63) is 58.7 Å². The zero-order chi connectivity index (χ0) is 22.3. The molecule has 1 saturated heterocycles. The minimum atomic E-state index is -0.358. The van der Waals surface area contributed by atoms with E-state index in [0.717, 1.165) is 23.1 Å². The second kappa shape index (κ2) is 11.2. The molecule has 1 aliphatic heterocycles. The van der Waals surface area contributed by atoms with Crippen molar-refractivity contribution in [3.8, 4) is 0 Å². The number of nitrogens with zero attached hydrogens (tertiary/aromatic N) is 2. The monoisotopic (exact) mass is 445 g/mol. The van der Waals surface area contributed by atoms with Gasteiger partial charge < -0.3 is 0 Å². The zero-order valence-electron chi connectivity index (χ0n) is 18.6. The number of hydrogen-bond acceptors (Lipinski definition) is 5. The van der Waals surface area contributed by atoms with Crippen molar-refractivity contribution in [3.63, 3.8) is 0 Å². The minimum absolute atomic E-state index is 0.0393. The van der Waals surface area contributed by atoms with Gasteiger partial charge in [0.25, 0.3) is 5.91 Å². The summed E-state index contributed by atoms with van der Waals surface area (Å²) >= 11 is 5.11. The molecule has 1 atom stereocenters. The highest BCUT2D eigenvalue weighted by molar-refractivity contribution is 8.13. The highest BCUT2D eigenvalue weighted by Crippen LogP contribution is 2.40. The predicted octanol–water partition coefficient (Wildman–Crippen LogP) is 5.74. The molecule has 163 valence electrons. The Hall–Kier alpha value is -1.50. The van der Waals surface area contributed by atoms with E-state index in [4.69, 9.17) is 0 Å². The Morgan fingerprint density at radius 3 is 2.67 bits per heavy atom. The van der Waals surface area contributed by atoms with Crippen LogP contribution in [0.4, 0.5) is 0 Å².